The summed E-state index contributed by atoms with van der Waals surface area (Å²) < 4.78 is 0. The summed E-state index contributed by atoms with van der Waals surface area (Å²) in [6.45, 7) is 4.61. The summed E-state index contributed by atoms with van der Waals surface area (Å²) >= 11 is 0. The molecule has 0 bridgehead atoms. The van der Waals surface area contributed by atoms with Crippen LogP contribution in [0.2, 0.25) is 0 Å². The van der Waals surface area contributed by atoms with Crippen molar-refractivity contribution in [2.24, 2.45) is 5.92 Å². The van der Waals surface area contributed by atoms with Gasteiger partial charge in [0, 0.05) is 49.3 Å². The van der Waals surface area contributed by atoms with Crippen molar-refractivity contribution in [1.29, 1.82) is 0 Å². The molecule has 1 saturated heterocycles. The van der Waals surface area contributed by atoms with Gasteiger partial charge in [0.25, 0.3) is 0 Å². The van der Waals surface area contributed by atoms with E-state index in [2.05, 4.69) is 45.7 Å². The fourth-order valence-electron chi connectivity index (χ4n) is 3.51. The molecule has 2 heterocycles. The van der Waals surface area contributed by atoms with Crippen molar-refractivity contribution in [2.45, 2.75) is 25.3 Å². The number of fused-ring (bicyclic) bond motifs is 1. The van der Waals surface area contributed by atoms with E-state index in [0.29, 0.717) is 6.04 Å². The molecule has 1 aromatic heterocycles. The fraction of sp³-hybridized carbons (Fsp3) is 0.529. The molecule has 2 fully saturated rings. The van der Waals surface area contributed by atoms with Gasteiger partial charge >= 0.3 is 0 Å². The molecule has 1 atom stereocenters. The number of aromatic nitrogens is 1. The smallest absolute Gasteiger partial charge is 0.0457 e. The topological polar surface area (TPSA) is 31.1 Å². The highest BCUT2D eigenvalue weighted by Crippen LogP contribution is 2.41. The van der Waals surface area contributed by atoms with Crippen LogP contribution in [0.25, 0.3) is 10.9 Å². The third-order valence-electron chi connectivity index (χ3n) is 4.83. The molecule has 2 aliphatic rings. The highest BCUT2D eigenvalue weighted by atomic mass is 15.2. The van der Waals surface area contributed by atoms with Gasteiger partial charge in [-0.25, -0.2) is 0 Å². The van der Waals surface area contributed by atoms with Crippen LogP contribution in [0.1, 0.15) is 30.9 Å². The van der Waals surface area contributed by atoms with E-state index >= 15 is 0 Å². The number of nitrogens with zero attached hydrogens (tertiary/aromatic N) is 1. The summed E-state index contributed by atoms with van der Waals surface area (Å²) in [5, 5.41) is 4.89. The second-order valence-electron chi connectivity index (χ2n) is 6.27. The van der Waals surface area contributed by atoms with Crippen LogP contribution in [-0.2, 0) is 0 Å². The maximum absolute atomic E-state index is 3.47. The van der Waals surface area contributed by atoms with Gasteiger partial charge in [-0.15, -0.1) is 0 Å². The van der Waals surface area contributed by atoms with Crippen LogP contribution in [0.4, 0.5) is 0 Å². The molecule has 4 rings (SSSR count). The van der Waals surface area contributed by atoms with Crippen molar-refractivity contribution >= 4 is 10.9 Å². The number of H-pyrrole nitrogens is 1. The van der Waals surface area contributed by atoms with Gasteiger partial charge in [0.05, 0.1) is 0 Å². The summed E-state index contributed by atoms with van der Waals surface area (Å²) in [6, 6.07) is 9.32. The molecule has 0 spiro atoms. The molecule has 0 unspecified atom stereocenters. The van der Waals surface area contributed by atoms with Gasteiger partial charge in [0.15, 0.2) is 0 Å². The zero-order chi connectivity index (χ0) is 13.4. The van der Waals surface area contributed by atoms with Crippen LogP contribution >= 0.6 is 0 Å². The molecule has 2 aromatic rings. The summed E-state index contributed by atoms with van der Waals surface area (Å²) in [7, 11) is 0. The zero-order valence-electron chi connectivity index (χ0n) is 11.9. The van der Waals surface area contributed by atoms with Crippen molar-refractivity contribution < 1.29 is 0 Å². The normalized spacial score (nSPS) is 22.2. The van der Waals surface area contributed by atoms with Crippen LogP contribution in [-0.4, -0.2) is 36.1 Å². The Morgan fingerprint density at radius 1 is 1.15 bits per heavy atom. The van der Waals surface area contributed by atoms with Crippen molar-refractivity contribution in [3.8, 4) is 0 Å². The van der Waals surface area contributed by atoms with Gasteiger partial charge in [-0.3, -0.25) is 4.90 Å². The van der Waals surface area contributed by atoms with Gasteiger partial charge in [-0.05, 0) is 24.0 Å². The summed E-state index contributed by atoms with van der Waals surface area (Å²) in [6.07, 6.45) is 6.46. The quantitative estimate of drug-likeness (QED) is 0.894. The highest BCUT2D eigenvalue weighted by Gasteiger charge is 2.31. The Labute approximate surface area is 120 Å². The van der Waals surface area contributed by atoms with E-state index in [1.165, 1.54) is 48.8 Å². The third kappa shape index (κ3) is 2.36. The maximum Gasteiger partial charge on any atom is 0.0457 e. The lowest BCUT2D eigenvalue weighted by molar-refractivity contribution is 0.161. The molecule has 1 aliphatic carbocycles. The number of hydrogen-bond donors (Lipinski definition) is 2. The van der Waals surface area contributed by atoms with Gasteiger partial charge in [0.2, 0.25) is 0 Å². The van der Waals surface area contributed by atoms with Crippen LogP contribution in [0.5, 0.6) is 0 Å². The first-order chi connectivity index (χ1) is 9.92. The van der Waals surface area contributed by atoms with Crippen molar-refractivity contribution in [2.75, 3.05) is 26.2 Å². The number of piperazine rings is 1. The van der Waals surface area contributed by atoms with Crippen LogP contribution in [0.15, 0.2) is 30.5 Å². The Hall–Kier alpha value is -1.32. The van der Waals surface area contributed by atoms with E-state index in [9.17, 15) is 0 Å². The SMILES string of the molecule is c1ccc2c([C@@H](CC3CC3)N3CCNCC3)c[nH]c2c1. The van der Waals surface area contributed by atoms with Gasteiger partial charge < -0.3 is 10.3 Å². The van der Waals surface area contributed by atoms with E-state index in [1.807, 2.05) is 0 Å². The molecule has 20 heavy (non-hydrogen) atoms. The first-order valence-corrected chi connectivity index (χ1v) is 7.92. The molecule has 1 saturated carbocycles. The fourth-order valence-corrected chi connectivity index (χ4v) is 3.51. The molecular weight excluding hydrogens is 246 g/mol. The molecule has 1 aliphatic heterocycles. The Kier molecular flexibility index (Phi) is 3.25. The number of nitrogens with one attached hydrogen (secondary N) is 2. The number of para-hydroxylation sites is 1. The van der Waals surface area contributed by atoms with Gasteiger partial charge in [0.1, 0.15) is 0 Å². The average Bonchev–Trinajstić information content (AvgIpc) is 3.24. The molecule has 0 radical (unpaired) electrons. The molecule has 2 N–H and O–H groups in total. The lowest BCUT2D eigenvalue weighted by Gasteiger charge is -2.35. The number of hydrogen-bond acceptors (Lipinski definition) is 2. The van der Waals surface area contributed by atoms with Crippen LogP contribution in [0.3, 0.4) is 0 Å². The predicted molar refractivity (Wildman–Crippen MR) is 82.8 cm³/mol. The zero-order valence-corrected chi connectivity index (χ0v) is 11.9. The Balaban J connectivity index is 1.68. The number of aromatic amines is 1. The Morgan fingerprint density at radius 2 is 1.95 bits per heavy atom. The van der Waals surface area contributed by atoms with Crippen molar-refractivity contribution in [3.63, 3.8) is 0 Å². The minimum Gasteiger partial charge on any atom is -0.361 e. The third-order valence-corrected chi connectivity index (χ3v) is 4.83. The van der Waals surface area contributed by atoms with E-state index in [1.54, 1.807) is 0 Å². The molecule has 3 nitrogen and oxygen atoms in total. The molecule has 106 valence electrons. The van der Waals surface area contributed by atoms with Gasteiger partial charge in [-0.1, -0.05) is 31.0 Å². The summed E-state index contributed by atoms with van der Waals surface area (Å²) in [5.74, 6) is 0.962. The van der Waals surface area contributed by atoms with Crippen LogP contribution in [0, 0.1) is 5.92 Å². The number of rotatable bonds is 4. The summed E-state index contributed by atoms with van der Waals surface area (Å²) in [5.41, 5.74) is 2.79. The highest BCUT2D eigenvalue weighted by molar-refractivity contribution is 5.83. The van der Waals surface area contributed by atoms with Crippen LogP contribution < -0.4 is 5.32 Å². The van der Waals surface area contributed by atoms with Gasteiger partial charge in [-0.2, -0.15) is 0 Å². The Morgan fingerprint density at radius 3 is 2.75 bits per heavy atom. The molecule has 1 aromatic carbocycles. The van der Waals surface area contributed by atoms with E-state index in [4.69, 9.17) is 0 Å². The van der Waals surface area contributed by atoms with E-state index in [-0.39, 0.29) is 0 Å². The second kappa shape index (κ2) is 5.23. The number of benzene rings is 1. The lowest BCUT2D eigenvalue weighted by atomic mass is 9.98. The first-order valence-electron chi connectivity index (χ1n) is 7.92. The summed E-state index contributed by atoms with van der Waals surface area (Å²) in [4.78, 5) is 6.14. The van der Waals surface area contributed by atoms with Crippen molar-refractivity contribution in [1.82, 2.24) is 15.2 Å². The minimum atomic E-state index is 0.598. The van der Waals surface area contributed by atoms with E-state index in [0.717, 1.165) is 19.0 Å². The monoisotopic (exact) mass is 269 g/mol. The molecule has 0 amide bonds. The average molecular weight is 269 g/mol. The molecule has 3 heteroatoms. The molecular formula is C17H23N3. The van der Waals surface area contributed by atoms with E-state index < -0.39 is 0 Å². The maximum atomic E-state index is 3.47. The second-order valence-corrected chi connectivity index (χ2v) is 6.27. The first kappa shape index (κ1) is 12.4. The lowest BCUT2D eigenvalue weighted by Crippen LogP contribution is -2.45. The predicted octanol–water partition coefficient (Wildman–Crippen LogP) is 2.91. The standard InChI is InChI=1S/C17H23N3/c1-2-4-16-14(3-1)15(12-19-16)17(11-13-5-6-13)20-9-7-18-8-10-20/h1-4,12-13,17-19H,5-11H2/t17-/m1/s1. The Bertz CT molecular complexity index is 579. The largest absolute Gasteiger partial charge is 0.361 e. The minimum absolute atomic E-state index is 0.598. The van der Waals surface area contributed by atoms with Crippen molar-refractivity contribution in [3.05, 3.63) is 36.0 Å².